The van der Waals surface area contributed by atoms with Gasteiger partial charge in [-0.15, -0.1) is 0 Å². The second-order valence-corrected chi connectivity index (χ2v) is 8.35. The Labute approximate surface area is 203 Å². The van der Waals surface area contributed by atoms with Crippen LogP contribution < -0.4 is 15.5 Å². The largest absolute Gasteiger partial charge is 0.476 e. The molecule has 3 aromatic carbocycles. The topological polar surface area (TPSA) is 68.5 Å². The summed E-state index contributed by atoms with van der Waals surface area (Å²) in [6.45, 7) is 2.99. The molecule has 5 nitrogen and oxygen atoms in total. The maximum atomic E-state index is 13.4. The summed E-state index contributed by atoms with van der Waals surface area (Å²) in [6.07, 6.45) is -4.55. The predicted octanol–water partition coefficient (Wildman–Crippen LogP) is 6.77. The van der Waals surface area contributed by atoms with Crippen molar-refractivity contribution < 1.29 is 27.1 Å². The Morgan fingerprint density at radius 2 is 1.80 bits per heavy atom. The predicted molar refractivity (Wildman–Crippen MR) is 128 cm³/mol. The molecule has 1 N–H and O–H groups in total. The van der Waals surface area contributed by atoms with Gasteiger partial charge in [0.1, 0.15) is 5.58 Å². The average molecular weight is 502 g/mol. The Morgan fingerprint density at radius 1 is 1.06 bits per heavy atom. The molecule has 0 aliphatic rings. The number of aryl methyl sites for hydroxylation is 2. The molecule has 0 bridgehead atoms. The van der Waals surface area contributed by atoms with Gasteiger partial charge in [0.2, 0.25) is 11.2 Å². The Balaban J connectivity index is 1.70. The normalized spacial score (nSPS) is 11.5. The molecule has 180 valence electrons. The maximum absolute atomic E-state index is 13.4. The highest BCUT2D eigenvalue weighted by Gasteiger charge is 2.30. The number of hydrogen-bond acceptors (Lipinski definition) is 4. The molecule has 0 fully saturated rings. The van der Waals surface area contributed by atoms with Crippen molar-refractivity contribution in [2.75, 3.05) is 11.9 Å². The number of amides is 1. The molecular formula is C26H19ClF3NO4. The number of benzene rings is 3. The van der Waals surface area contributed by atoms with Crippen molar-refractivity contribution in [2.45, 2.75) is 20.0 Å². The van der Waals surface area contributed by atoms with E-state index in [4.69, 9.17) is 20.8 Å². The van der Waals surface area contributed by atoms with Crippen LogP contribution in [0, 0.1) is 13.8 Å². The van der Waals surface area contributed by atoms with Crippen molar-refractivity contribution >= 4 is 34.2 Å². The highest BCUT2D eigenvalue weighted by Crippen LogP contribution is 2.36. The minimum absolute atomic E-state index is 0.0481. The standard InChI is InChI=1S/C26H19ClF3NO4/c1-14-10-15(2)23-19(11-14)22(33)25(24(35-23)18-8-3-4-9-20(18)27)34-13-21(32)31-17-7-5-6-16(12-17)26(28,29)30/h3-12H,13H2,1-2H3,(H,31,32). The molecule has 4 rings (SSSR count). The van der Waals surface area contributed by atoms with E-state index in [0.29, 0.717) is 16.2 Å². The van der Waals surface area contributed by atoms with Gasteiger partial charge in [0, 0.05) is 11.3 Å². The summed E-state index contributed by atoms with van der Waals surface area (Å²) in [5.41, 5.74) is 0.854. The highest BCUT2D eigenvalue weighted by molar-refractivity contribution is 6.33. The first-order valence-electron chi connectivity index (χ1n) is 10.5. The van der Waals surface area contributed by atoms with Crippen LogP contribution in [0.2, 0.25) is 5.02 Å². The summed E-state index contributed by atoms with van der Waals surface area (Å²) in [5.74, 6) is -0.934. The van der Waals surface area contributed by atoms with Crippen LogP contribution in [0.1, 0.15) is 16.7 Å². The van der Waals surface area contributed by atoms with E-state index in [2.05, 4.69) is 5.32 Å². The van der Waals surface area contributed by atoms with Crippen LogP contribution in [0.4, 0.5) is 18.9 Å². The second-order valence-electron chi connectivity index (χ2n) is 7.94. The van der Waals surface area contributed by atoms with E-state index < -0.39 is 29.7 Å². The average Bonchev–Trinajstić information content (AvgIpc) is 2.79. The van der Waals surface area contributed by atoms with Gasteiger partial charge in [-0.25, -0.2) is 0 Å². The van der Waals surface area contributed by atoms with Crippen molar-refractivity contribution in [3.8, 4) is 17.1 Å². The van der Waals surface area contributed by atoms with Gasteiger partial charge in [-0.3, -0.25) is 9.59 Å². The lowest BCUT2D eigenvalue weighted by Gasteiger charge is -2.14. The molecule has 0 atom stereocenters. The van der Waals surface area contributed by atoms with Crippen molar-refractivity contribution in [1.82, 2.24) is 0 Å². The molecule has 0 radical (unpaired) electrons. The summed E-state index contributed by atoms with van der Waals surface area (Å²) in [7, 11) is 0. The van der Waals surface area contributed by atoms with Gasteiger partial charge in [-0.2, -0.15) is 13.2 Å². The summed E-state index contributed by atoms with van der Waals surface area (Å²) >= 11 is 6.33. The van der Waals surface area contributed by atoms with Crippen LogP contribution in [-0.2, 0) is 11.0 Å². The number of nitrogens with one attached hydrogen (secondary N) is 1. The van der Waals surface area contributed by atoms with Gasteiger partial charge >= 0.3 is 6.18 Å². The molecule has 0 unspecified atom stereocenters. The molecular weight excluding hydrogens is 483 g/mol. The van der Waals surface area contributed by atoms with Gasteiger partial charge in [0.25, 0.3) is 5.91 Å². The van der Waals surface area contributed by atoms with Crippen molar-refractivity contribution in [3.63, 3.8) is 0 Å². The molecule has 35 heavy (non-hydrogen) atoms. The Kier molecular flexibility index (Phi) is 6.58. The zero-order chi connectivity index (χ0) is 25.3. The number of fused-ring (bicyclic) bond motifs is 1. The molecule has 1 heterocycles. The summed E-state index contributed by atoms with van der Waals surface area (Å²) < 4.78 is 50.5. The number of carbonyl (C=O) groups is 1. The van der Waals surface area contributed by atoms with E-state index in [1.54, 1.807) is 37.3 Å². The van der Waals surface area contributed by atoms with Crippen molar-refractivity contribution in [3.05, 3.63) is 92.6 Å². The van der Waals surface area contributed by atoms with E-state index in [1.807, 2.05) is 13.0 Å². The maximum Gasteiger partial charge on any atom is 0.416 e. The fourth-order valence-corrected chi connectivity index (χ4v) is 3.92. The number of hydrogen-bond donors (Lipinski definition) is 1. The van der Waals surface area contributed by atoms with Crippen molar-refractivity contribution in [2.24, 2.45) is 0 Å². The molecule has 9 heteroatoms. The van der Waals surface area contributed by atoms with E-state index in [1.165, 1.54) is 12.1 Å². The second kappa shape index (κ2) is 9.46. The number of anilines is 1. The zero-order valence-corrected chi connectivity index (χ0v) is 19.4. The lowest BCUT2D eigenvalue weighted by atomic mass is 10.1. The minimum atomic E-state index is -4.55. The van der Waals surface area contributed by atoms with Gasteiger partial charge in [0.05, 0.1) is 16.0 Å². The number of rotatable bonds is 5. The smallest absolute Gasteiger partial charge is 0.416 e. The number of halogens is 4. The number of alkyl halides is 3. The fraction of sp³-hybridized carbons (Fsp3) is 0.154. The minimum Gasteiger partial charge on any atom is -0.476 e. The summed E-state index contributed by atoms with van der Waals surface area (Å²) in [4.78, 5) is 25.8. The molecule has 0 saturated heterocycles. The quantitative estimate of drug-likeness (QED) is 0.328. The van der Waals surface area contributed by atoms with Crippen LogP contribution >= 0.6 is 11.6 Å². The Bertz CT molecular complexity index is 1490. The molecule has 0 aliphatic heterocycles. The van der Waals surface area contributed by atoms with E-state index >= 15 is 0 Å². The molecule has 1 amide bonds. The van der Waals surface area contributed by atoms with Gasteiger partial charge in [-0.1, -0.05) is 35.9 Å². The first-order valence-corrected chi connectivity index (χ1v) is 10.9. The Hall–Kier alpha value is -3.78. The summed E-state index contributed by atoms with van der Waals surface area (Å²) in [6, 6.07) is 14.4. The molecule has 0 saturated carbocycles. The molecule has 4 aromatic rings. The third-order valence-electron chi connectivity index (χ3n) is 5.22. The van der Waals surface area contributed by atoms with E-state index in [-0.39, 0.29) is 22.6 Å². The van der Waals surface area contributed by atoms with Gasteiger partial charge in [0.15, 0.2) is 12.4 Å². The van der Waals surface area contributed by atoms with E-state index in [0.717, 1.165) is 23.3 Å². The van der Waals surface area contributed by atoms with Crippen LogP contribution in [0.25, 0.3) is 22.3 Å². The first-order chi connectivity index (χ1) is 16.5. The van der Waals surface area contributed by atoms with Crippen LogP contribution in [0.5, 0.6) is 5.75 Å². The van der Waals surface area contributed by atoms with Crippen LogP contribution in [0.15, 0.2) is 69.9 Å². The van der Waals surface area contributed by atoms with Gasteiger partial charge < -0.3 is 14.5 Å². The third kappa shape index (κ3) is 5.17. The monoisotopic (exact) mass is 501 g/mol. The molecule has 0 spiro atoms. The molecule has 1 aromatic heterocycles. The lowest BCUT2D eigenvalue weighted by molar-refractivity contribution is -0.137. The lowest BCUT2D eigenvalue weighted by Crippen LogP contribution is -2.23. The SMILES string of the molecule is Cc1cc(C)c2oc(-c3ccccc3Cl)c(OCC(=O)Nc3cccc(C(F)(F)F)c3)c(=O)c2c1. The third-order valence-corrected chi connectivity index (χ3v) is 5.55. The first kappa shape index (κ1) is 24.3. The molecule has 0 aliphatic carbocycles. The van der Waals surface area contributed by atoms with Crippen LogP contribution in [-0.4, -0.2) is 12.5 Å². The zero-order valence-electron chi connectivity index (χ0n) is 18.6. The fourth-order valence-electron chi connectivity index (χ4n) is 3.69. The van der Waals surface area contributed by atoms with Crippen LogP contribution in [0.3, 0.4) is 0 Å². The Morgan fingerprint density at radius 3 is 2.51 bits per heavy atom. The van der Waals surface area contributed by atoms with Crippen molar-refractivity contribution in [1.29, 1.82) is 0 Å². The van der Waals surface area contributed by atoms with Gasteiger partial charge in [-0.05, 0) is 61.4 Å². The number of ether oxygens (including phenoxy) is 1. The summed E-state index contributed by atoms with van der Waals surface area (Å²) in [5, 5.41) is 2.92. The number of carbonyl (C=O) groups excluding carboxylic acids is 1. The van der Waals surface area contributed by atoms with E-state index in [9.17, 15) is 22.8 Å². The highest BCUT2D eigenvalue weighted by atomic mass is 35.5.